The lowest BCUT2D eigenvalue weighted by Crippen LogP contribution is -2.65. The molecule has 2 saturated heterocycles. The van der Waals surface area contributed by atoms with Crippen molar-refractivity contribution in [2.75, 3.05) is 31.1 Å². The highest BCUT2D eigenvalue weighted by Crippen LogP contribution is 2.36. The molecule has 2 fully saturated rings. The number of carbonyl (C=O) groups is 1. The first-order chi connectivity index (χ1) is 14.7. The summed E-state index contributed by atoms with van der Waals surface area (Å²) >= 11 is 0. The lowest BCUT2D eigenvalue weighted by Gasteiger charge is -2.53. The minimum Gasteiger partial charge on any atom is -0.491 e. The third-order valence-electron chi connectivity index (χ3n) is 6.01. The number of piperidine rings is 1. The molecule has 2 aliphatic heterocycles. The predicted molar refractivity (Wildman–Crippen MR) is 115 cm³/mol. The van der Waals surface area contributed by atoms with E-state index in [9.17, 15) is 4.79 Å². The molecule has 30 heavy (non-hydrogen) atoms. The summed E-state index contributed by atoms with van der Waals surface area (Å²) in [6.07, 6.45) is 5.37. The van der Waals surface area contributed by atoms with Crippen molar-refractivity contribution in [2.45, 2.75) is 25.8 Å². The summed E-state index contributed by atoms with van der Waals surface area (Å²) in [6.45, 7) is 5.01. The van der Waals surface area contributed by atoms with Crippen LogP contribution in [-0.4, -0.2) is 58.0 Å². The van der Waals surface area contributed by atoms with Gasteiger partial charge in [0, 0.05) is 31.7 Å². The van der Waals surface area contributed by atoms with E-state index in [-0.39, 0.29) is 11.9 Å². The first-order valence-corrected chi connectivity index (χ1v) is 10.6. The molecule has 0 unspecified atom stereocenters. The minimum absolute atomic E-state index is 0.0587. The van der Waals surface area contributed by atoms with Gasteiger partial charge in [0.15, 0.2) is 11.4 Å². The zero-order valence-electron chi connectivity index (χ0n) is 17.1. The van der Waals surface area contributed by atoms with Gasteiger partial charge < -0.3 is 14.5 Å². The predicted octanol–water partition coefficient (Wildman–Crippen LogP) is 3.16. The average Bonchev–Trinajstić information content (AvgIpc) is 2.78. The molecule has 5 rings (SSSR count). The largest absolute Gasteiger partial charge is 0.491 e. The van der Waals surface area contributed by atoms with Crippen LogP contribution in [0.2, 0.25) is 0 Å². The Bertz CT molecular complexity index is 1070. The molecule has 0 saturated carbocycles. The topological polar surface area (TPSA) is 71.5 Å². The van der Waals surface area contributed by atoms with E-state index in [1.54, 1.807) is 12.3 Å². The lowest BCUT2D eigenvalue weighted by atomic mass is 9.82. The highest BCUT2D eigenvalue weighted by molar-refractivity contribution is 5.95. The molecule has 1 aromatic carbocycles. The number of amides is 1. The Morgan fingerprint density at radius 1 is 1.13 bits per heavy atom. The van der Waals surface area contributed by atoms with Crippen LogP contribution in [0.25, 0.3) is 11.0 Å². The molecule has 0 spiro atoms. The van der Waals surface area contributed by atoms with E-state index >= 15 is 0 Å². The second-order valence-corrected chi connectivity index (χ2v) is 7.94. The van der Waals surface area contributed by atoms with Crippen molar-refractivity contribution >= 4 is 22.8 Å². The number of fused-ring (bicyclic) bond motifs is 2. The summed E-state index contributed by atoms with van der Waals surface area (Å²) in [5, 5.41) is 0. The fourth-order valence-electron chi connectivity index (χ4n) is 4.36. The second-order valence-electron chi connectivity index (χ2n) is 7.94. The molecule has 0 bridgehead atoms. The molecule has 2 aromatic heterocycles. The van der Waals surface area contributed by atoms with E-state index in [0.717, 1.165) is 42.8 Å². The summed E-state index contributed by atoms with van der Waals surface area (Å²) < 4.78 is 5.75. The van der Waals surface area contributed by atoms with Crippen LogP contribution in [-0.2, 0) is 0 Å². The molecule has 0 aliphatic carbocycles. The number of aromatic nitrogens is 3. The maximum Gasteiger partial charge on any atom is 0.276 e. The SMILES string of the molecule is CCCOc1cccnc1C(=O)N1CC[C@H]2CN(c3cnc4ccccc4n3)[C@H]2C1. The van der Waals surface area contributed by atoms with Crippen molar-refractivity contribution in [1.82, 2.24) is 19.9 Å². The Morgan fingerprint density at radius 2 is 2.00 bits per heavy atom. The van der Waals surface area contributed by atoms with Crippen molar-refractivity contribution < 1.29 is 9.53 Å². The fraction of sp³-hybridized carbons (Fsp3) is 0.391. The van der Waals surface area contributed by atoms with Crippen LogP contribution >= 0.6 is 0 Å². The van der Waals surface area contributed by atoms with Gasteiger partial charge in [0.05, 0.1) is 29.9 Å². The van der Waals surface area contributed by atoms with E-state index in [4.69, 9.17) is 9.72 Å². The zero-order chi connectivity index (χ0) is 20.5. The molecule has 7 heteroatoms. The van der Waals surface area contributed by atoms with Crippen LogP contribution in [0.15, 0.2) is 48.8 Å². The number of hydrogen-bond acceptors (Lipinski definition) is 6. The van der Waals surface area contributed by atoms with E-state index in [1.165, 1.54) is 0 Å². The molecular formula is C23H25N5O2. The number of ether oxygens (including phenoxy) is 1. The number of anilines is 1. The summed E-state index contributed by atoms with van der Waals surface area (Å²) in [7, 11) is 0. The normalized spacial score (nSPS) is 20.6. The Morgan fingerprint density at radius 3 is 2.87 bits per heavy atom. The summed E-state index contributed by atoms with van der Waals surface area (Å²) in [4.78, 5) is 31.1. The highest BCUT2D eigenvalue weighted by atomic mass is 16.5. The molecule has 0 N–H and O–H groups in total. The van der Waals surface area contributed by atoms with Crippen LogP contribution in [0, 0.1) is 5.92 Å². The quantitative estimate of drug-likeness (QED) is 0.652. The van der Waals surface area contributed by atoms with Gasteiger partial charge in [-0.15, -0.1) is 0 Å². The Balaban J connectivity index is 1.33. The molecule has 7 nitrogen and oxygen atoms in total. The molecule has 1 amide bonds. The maximum atomic E-state index is 13.2. The van der Waals surface area contributed by atoms with Crippen LogP contribution in [0.1, 0.15) is 30.3 Å². The third-order valence-corrected chi connectivity index (χ3v) is 6.01. The van der Waals surface area contributed by atoms with Gasteiger partial charge in [-0.25, -0.2) is 9.97 Å². The van der Waals surface area contributed by atoms with Crippen molar-refractivity contribution in [3.05, 3.63) is 54.5 Å². The summed E-state index contributed by atoms with van der Waals surface area (Å²) in [6, 6.07) is 11.8. The van der Waals surface area contributed by atoms with E-state index in [1.807, 2.05) is 48.4 Å². The van der Waals surface area contributed by atoms with Gasteiger partial charge in [-0.3, -0.25) is 9.78 Å². The molecule has 154 valence electrons. The van der Waals surface area contributed by atoms with E-state index < -0.39 is 0 Å². The van der Waals surface area contributed by atoms with E-state index in [2.05, 4.69) is 14.9 Å². The van der Waals surface area contributed by atoms with Crippen LogP contribution in [0.5, 0.6) is 5.75 Å². The van der Waals surface area contributed by atoms with Gasteiger partial charge >= 0.3 is 0 Å². The molecule has 3 aromatic rings. The number of pyridine rings is 1. The molecule has 4 heterocycles. The summed E-state index contributed by atoms with van der Waals surface area (Å²) in [5.41, 5.74) is 2.20. The van der Waals surface area contributed by atoms with Crippen molar-refractivity contribution in [2.24, 2.45) is 5.92 Å². The van der Waals surface area contributed by atoms with Crippen molar-refractivity contribution in [3.63, 3.8) is 0 Å². The monoisotopic (exact) mass is 403 g/mol. The van der Waals surface area contributed by atoms with Gasteiger partial charge in [-0.05, 0) is 37.1 Å². The Labute approximate surface area is 175 Å². The van der Waals surface area contributed by atoms with Gasteiger partial charge in [-0.1, -0.05) is 19.1 Å². The number of nitrogens with zero attached hydrogens (tertiary/aromatic N) is 5. The van der Waals surface area contributed by atoms with Crippen molar-refractivity contribution in [3.8, 4) is 5.75 Å². The number of carbonyl (C=O) groups excluding carboxylic acids is 1. The number of likely N-dealkylation sites (tertiary alicyclic amines) is 1. The highest BCUT2D eigenvalue weighted by Gasteiger charge is 2.44. The standard InChI is InChI=1S/C23H25N5O2/c1-2-12-30-20-8-5-10-24-22(20)23(29)27-11-9-16-14-28(19(16)15-27)21-13-25-17-6-3-4-7-18(17)26-21/h3-8,10,13,16,19H,2,9,11-12,14-15H2,1H3/t16-,19-/m0/s1. The fourth-order valence-corrected chi connectivity index (χ4v) is 4.36. The average molecular weight is 403 g/mol. The number of para-hydroxylation sites is 2. The molecule has 2 aliphatic rings. The van der Waals surface area contributed by atoms with Crippen molar-refractivity contribution in [1.29, 1.82) is 0 Å². The second kappa shape index (κ2) is 7.89. The number of benzene rings is 1. The first-order valence-electron chi connectivity index (χ1n) is 10.6. The van der Waals surface area contributed by atoms with Gasteiger partial charge in [0.2, 0.25) is 0 Å². The van der Waals surface area contributed by atoms with Crippen LogP contribution in [0.3, 0.4) is 0 Å². The van der Waals surface area contributed by atoms with Gasteiger partial charge in [-0.2, -0.15) is 0 Å². The van der Waals surface area contributed by atoms with E-state index in [0.29, 0.717) is 30.5 Å². The van der Waals surface area contributed by atoms with Crippen LogP contribution in [0.4, 0.5) is 5.82 Å². The minimum atomic E-state index is -0.0587. The molecular weight excluding hydrogens is 378 g/mol. The van der Waals surface area contributed by atoms with Crippen LogP contribution < -0.4 is 9.64 Å². The molecule has 0 radical (unpaired) electrons. The van der Waals surface area contributed by atoms with Gasteiger partial charge in [0.25, 0.3) is 5.91 Å². The smallest absolute Gasteiger partial charge is 0.276 e. The van der Waals surface area contributed by atoms with Gasteiger partial charge in [0.1, 0.15) is 5.82 Å². The zero-order valence-corrected chi connectivity index (χ0v) is 17.1. The number of hydrogen-bond donors (Lipinski definition) is 0. The maximum absolute atomic E-state index is 13.2. The first kappa shape index (κ1) is 18.8. The summed E-state index contributed by atoms with van der Waals surface area (Å²) in [5.74, 6) is 1.98. The number of rotatable bonds is 5. The molecule has 2 atom stereocenters. The Kier molecular flexibility index (Phi) is 4.94. The Hall–Kier alpha value is -3.22. The lowest BCUT2D eigenvalue weighted by molar-refractivity contribution is 0.0581. The third kappa shape index (κ3) is 3.34.